The number of amides is 1. The first kappa shape index (κ1) is 16.7. The third-order valence-corrected chi connectivity index (χ3v) is 4.23. The highest BCUT2D eigenvalue weighted by Gasteiger charge is 2.21. The van der Waals surface area contributed by atoms with Crippen LogP contribution >= 0.6 is 0 Å². The molecule has 0 saturated carbocycles. The Morgan fingerprint density at radius 2 is 2.05 bits per heavy atom. The van der Waals surface area contributed by atoms with E-state index in [4.69, 9.17) is 5.11 Å². The van der Waals surface area contributed by atoms with Gasteiger partial charge in [0.05, 0.1) is 5.56 Å². The van der Waals surface area contributed by atoms with E-state index in [1.54, 1.807) is 0 Å². The molecule has 1 amide bonds. The lowest BCUT2D eigenvalue weighted by Gasteiger charge is -2.37. The van der Waals surface area contributed by atoms with E-state index in [0.29, 0.717) is 6.54 Å². The second-order valence-electron chi connectivity index (χ2n) is 5.69. The van der Waals surface area contributed by atoms with Crippen LogP contribution in [-0.2, 0) is 0 Å². The van der Waals surface area contributed by atoms with Crippen LogP contribution in [0.2, 0.25) is 0 Å². The summed E-state index contributed by atoms with van der Waals surface area (Å²) in [5, 5.41) is 11.9. The molecule has 1 aromatic rings. The quantitative estimate of drug-likeness (QED) is 0.860. The summed E-state index contributed by atoms with van der Waals surface area (Å²) < 4.78 is 13.6. The topological polar surface area (TPSA) is 55.8 Å². The number of likely N-dealkylation sites (N-methyl/N-ethyl adjacent to an activating group) is 1. The average Bonchev–Trinajstić information content (AvgIpc) is 2.52. The van der Waals surface area contributed by atoms with E-state index in [9.17, 15) is 9.18 Å². The summed E-state index contributed by atoms with van der Waals surface area (Å²) in [5.74, 6) is -1.34. The summed E-state index contributed by atoms with van der Waals surface area (Å²) in [4.78, 5) is 16.7. The number of nitrogens with zero attached hydrogens (tertiary/aromatic N) is 2. The number of halogens is 1. The maximum absolute atomic E-state index is 13.6. The molecule has 2 N–H and O–H groups in total. The summed E-state index contributed by atoms with van der Waals surface area (Å²) in [5.41, 5.74) is -0.0409. The Hall–Kier alpha value is -1.66. The van der Waals surface area contributed by atoms with Gasteiger partial charge in [-0.15, -0.1) is 0 Å². The Morgan fingerprint density at radius 1 is 1.36 bits per heavy atom. The number of nitrogens with one attached hydrogen (secondary N) is 1. The summed E-state index contributed by atoms with van der Waals surface area (Å²) in [6.07, 6.45) is 0. The van der Waals surface area contributed by atoms with Crippen LogP contribution in [0.25, 0.3) is 0 Å². The Bertz CT molecular complexity index is 516. The van der Waals surface area contributed by atoms with Gasteiger partial charge in [0.25, 0.3) is 5.91 Å². The normalized spacial score (nSPS) is 18.1. The van der Waals surface area contributed by atoms with Gasteiger partial charge in [-0.1, -0.05) is 6.92 Å². The number of phenols is 1. The molecular weight excluding hydrogens is 285 g/mol. The molecule has 0 bridgehead atoms. The fraction of sp³-hybridized carbons (Fsp3) is 0.562. The lowest BCUT2D eigenvalue weighted by Crippen LogP contribution is -2.52. The Morgan fingerprint density at radius 3 is 2.64 bits per heavy atom. The number of hydrogen-bond donors (Lipinski definition) is 2. The predicted molar refractivity (Wildman–Crippen MR) is 83.5 cm³/mol. The monoisotopic (exact) mass is 309 g/mol. The molecule has 5 nitrogen and oxygen atoms in total. The van der Waals surface area contributed by atoms with Crippen molar-refractivity contribution >= 4 is 5.91 Å². The predicted octanol–water partition coefficient (Wildman–Crippen LogP) is 1.29. The number of hydrogen-bond acceptors (Lipinski definition) is 4. The first-order valence-corrected chi connectivity index (χ1v) is 7.74. The molecule has 1 heterocycles. The fourth-order valence-electron chi connectivity index (χ4n) is 2.67. The molecule has 6 heteroatoms. The molecule has 2 rings (SSSR count). The molecule has 1 saturated heterocycles. The minimum Gasteiger partial charge on any atom is -0.508 e. The van der Waals surface area contributed by atoms with Crippen LogP contribution in [0, 0.1) is 5.82 Å². The van der Waals surface area contributed by atoms with Gasteiger partial charge >= 0.3 is 0 Å². The molecule has 1 aromatic carbocycles. The highest BCUT2D eigenvalue weighted by molar-refractivity contribution is 5.94. The van der Waals surface area contributed by atoms with E-state index in [-0.39, 0.29) is 17.4 Å². The molecule has 1 atom stereocenters. The summed E-state index contributed by atoms with van der Waals surface area (Å²) in [6.45, 7) is 9.82. The molecule has 0 spiro atoms. The van der Waals surface area contributed by atoms with Gasteiger partial charge in [-0.3, -0.25) is 9.69 Å². The van der Waals surface area contributed by atoms with Gasteiger partial charge in [-0.25, -0.2) is 4.39 Å². The zero-order valence-electron chi connectivity index (χ0n) is 13.2. The Balaban J connectivity index is 1.83. The highest BCUT2D eigenvalue weighted by Crippen LogP contribution is 2.15. The van der Waals surface area contributed by atoms with Crippen LogP contribution in [0.15, 0.2) is 18.2 Å². The van der Waals surface area contributed by atoms with Crippen LogP contribution < -0.4 is 5.32 Å². The van der Waals surface area contributed by atoms with Crippen molar-refractivity contribution in [3.05, 3.63) is 29.6 Å². The zero-order chi connectivity index (χ0) is 16.1. The van der Waals surface area contributed by atoms with Crippen molar-refractivity contribution in [3.8, 4) is 5.75 Å². The molecule has 1 aliphatic rings. The van der Waals surface area contributed by atoms with Crippen LogP contribution in [0.5, 0.6) is 5.75 Å². The molecule has 1 aliphatic heterocycles. The molecule has 0 aliphatic carbocycles. The first-order chi connectivity index (χ1) is 10.5. The van der Waals surface area contributed by atoms with Gasteiger partial charge in [-0.2, -0.15) is 0 Å². The second kappa shape index (κ2) is 7.56. The summed E-state index contributed by atoms with van der Waals surface area (Å²) >= 11 is 0. The van der Waals surface area contributed by atoms with Gasteiger partial charge in [-0.05, 0) is 25.6 Å². The van der Waals surface area contributed by atoms with Gasteiger partial charge in [0.2, 0.25) is 0 Å². The highest BCUT2D eigenvalue weighted by atomic mass is 19.1. The fourth-order valence-corrected chi connectivity index (χ4v) is 2.67. The van der Waals surface area contributed by atoms with Crippen molar-refractivity contribution in [2.45, 2.75) is 19.9 Å². The van der Waals surface area contributed by atoms with E-state index in [0.717, 1.165) is 38.8 Å². The Kier molecular flexibility index (Phi) is 5.74. The Labute approximate surface area is 130 Å². The van der Waals surface area contributed by atoms with Gasteiger partial charge in [0.15, 0.2) is 0 Å². The first-order valence-electron chi connectivity index (χ1n) is 7.74. The minimum absolute atomic E-state index is 0.0409. The molecule has 0 aromatic heterocycles. The van der Waals surface area contributed by atoms with Crippen molar-refractivity contribution in [2.75, 3.05) is 39.3 Å². The number of aromatic hydroxyl groups is 1. The number of carbonyl (C=O) groups is 1. The van der Waals surface area contributed by atoms with Gasteiger partial charge in [0, 0.05) is 44.8 Å². The van der Waals surface area contributed by atoms with E-state index in [1.165, 1.54) is 12.1 Å². The standard InChI is InChI=1S/C16H24FN3O2/c1-3-19-6-8-20(9-7-19)12(2)11-18-16(22)14-5-4-13(21)10-15(14)17/h4-5,10,12,21H,3,6-9,11H2,1-2H3,(H,18,22)/t12-/m1/s1. The van der Waals surface area contributed by atoms with Crippen LogP contribution in [-0.4, -0.2) is 66.1 Å². The van der Waals surface area contributed by atoms with E-state index in [1.807, 2.05) is 0 Å². The minimum atomic E-state index is -0.707. The maximum atomic E-state index is 13.6. The third-order valence-electron chi connectivity index (χ3n) is 4.23. The second-order valence-corrected chi connectivity index (χ2v) is 5.69. The number of benzene rings is 1. The van der Waals surface area contributed by atoms with E-state index in [2.05, 4.69) is 29.0 Å². The number of carbonyl (C=O) groups excluding carboxylic acids is 1. The lowest BCUT2D eigenvalue weighted by atomic mass is 10.1. The van der Waals surface area contributed by atoms with Gasteiger partial charge in [0.1, 0.15) is 11.6 Å². The van der Waals surface area contributed by atoms with Crippen LogP contribution in [0.3, 0.4) is 0 Å². The van der Waals surface area contributed by atoms with Crippen molar-refractivity contribution in [1.29, 1.82) is 0 Å². The molecule has 122 valence electrons. The SMILES string of the molecule is CCN1CCN([C@H](C)CNC(=O)c2ccc(O)cc2F)CC1. The van der Waals surface area contributed by atoms with Crippen LogP contribution in [0.1, 0.15) is 24.2 Å². The van der Waals surface area contributed by atoms with E-state index < -0.39 is 11.7 Å². The van der Waals surface area contributed by atoms with Crippen molar-refractivity contribution in [2.24, 2.45) is 0 Å². The van der Waals surface area contributed by atoms with Crippen molar-refractivity contribution in [3.63, 3.8) is 0 Å². The smallest absolute Gasteiger partial charge is 0.254 e. The number of rotatable bonds is 5. The molecule has 0 radical (unpaired) electrons. The number of piperazine rings is 1. The lowest BCUT2D eigenvalue weighted by molar-refractivity contribution is 0.0879. The van der Waals surface area contributed by atoms with Crippen molar-refractivity contribution < 1.29 is 14.3 Å². The zero-order valence-corrected chi connectivity index (χ0v) is 13.2. The summed E-state index contributed by atoms with van der Waals surface area (Å²) in [7, 11) is 0. The maximum Gasteiger partial charge on any atom is 0.254 e. The molecule has 22 heavy (non-hydrogen) atoms. The number of phenolic OH excluding ortho intramolecular Hbond substituents is 1. The van der Waals surface area contributed by atoms with Crippen molar-refractivity contribution in [1.82, 2.24) is 15.1 Å². The van der Waals surface area contributed by atoms with E-state index >= 15 is 0 Å². The molecule has 1 fully saturated rings. The van der Waals surface area contributed by atoms with Gasteiger partial charge < -0.3 is 15.3 Å². The largest absolute Gasteiger partial charge is 0.508 e. The molecule has 0 unspecified atom stereocenters. The van der Waals surface area contributed by atoms with Crippen LogP contribution in [0.4, 0.5) is 4.39 Å². The third kappa shape index (κ3) is 4.18. The summed E-state index contributed by atoms with van der Waals surface area (Å²) in [6, 6.07) is 3.77. The average molecular weight is 309 g/mol. The molecular formula is C16H24FN3O2.